The highest BCUT2D eigenvalue weighted by Gasteiger charge is 2.26. The quantitative estimate of drug-likeness (QED) is 0.858. The zero-order valence-electron chi connectivity index (χ0n) is 10.8. The van der Waals surface area contributed by atoms with Crippen LogP contribution in [0.3, 0.4) is 0 Å². The third-order valence-electron chi connectivity index (χ3n) is 3.67. The maximum absolute atomic E-state index is 13.9. The summed E-state index contributed by atoms with van der Waals surface area (Å²) in [4.78, 5) is 13.7. The van der Waals surface area contributed by atoms with E-state index in [2.05, 4.69) is 10.6 Å². The monoisotopic (exact) mass is 263 g/mol. The van der Waals surface area contributed by atoms with Gasteiger partial charge in [0, 0.05) is 31.9 Å². The summed E-state index contributed by atoms with van der Waals surface area (Å²) >= 11 is 0. The van der Waals surface area contributed by atoms with Crippen molar-refractivity contribution in [3.63, 3.8) is 0 Å². The SMILES string of the molecule is O=C(Nc1ccc(C2CC2)c(F)c1)N1CCNCC1. The molecule has 0 radical (unpaired) electrons. The zero-order chi connectivity index (χ0) is 13.2. The van der Waals surface area contributed by atoms with Crippen LogP contribution in [0.15, 0.2) is 18.2 Å². The van der Waals surface area contributed by atoms with E-state index in [1.165, 1.54) is 6.07 Å². The first-order valence-electron chi connectivity index (χ1n) is 6.80. The van der Waals surface area contributed by atoms with Crippen molar-refractivity contribution in [3.8, 4) is 0 Å². The summed E-state index contributed by atoms with van der Waals surface area (Å²) < 4.78 is 13.9. The summed E-state index contributed by atoms with van der Waals surface area (Å²) in [5, 5.41) is 5.95. The Bertz CT molecular complexity index is 482. The number of hydrogen-bond donors (Lipinski definition) is 2. The van der Waals surface area contributed by atoms with Crippen molar-refractivity contribution in [1.82, 2.24) is 10.2 Å². The smallest absolute Gasteiger partial charge is 0.321 e. The fraction of sp³-hybridized carbons (Fsp3) is 0.500. The predicted octanol–water partition coefficient (Wildman–Crippen LogP) is 2.14. The van der Waals surface area contributed by atoms with Gasteiger partial charge < -0.3 is 15.5 Å². The normalized spacial score (nSPS) is 19.3. The molecular weight excluding hydrogens is 245 g/mol. The van der Waals surface area contributed by atoms with E-state index in [0.717, 1.165) is 31.5 Å². The molecule has 0 bridgehead atoms. The molecule has 2 fully saturated rings. The maximum atomic E-state index is 13.9. The lowest BCUT2D eigenvalue weighted by Crippen LogP contribution is -2.48. The minimum Gasteiger partial charge on any atom is -0.322 e. The lowest BCUT2D eigenvalue weighted by atomic mass is 10.1. The van der Waals surface area contributed by atoms with E-state index in [-0.39, 0.29) is 11.8 Å². The lowest BCUT2D eigenvalue weighted by molar-refractivity contribution is 0.204. The highest BCUT2D eigenvalue weighted by molar-refractivity contribution is 5.89. The van der Waals surface area contributed by atoms with Gasteiger partial charge in [-0.05, 0) is 36.5 Å². The van der Waals surface area contributed by atoms with Gasteiger partial charge in [0.15, 0.2) is 0 Å². The number of nitrogens with one attached hydrogen (secondary N) is 2. The highest BCUT2D eigenvalue weighted by atomic mass is 19.1. The number of hydrogen-bond acceptors (Lipinski definition) is 2. The van der Waals surface area contributed by atoms with Crippen LogP contribution in [0.25, 0.3) is 0 Å². The molecule has 1 aromatic carbocycles. The second-order valence-corrected chi connectivity index (χ2v) is 5.18. The van der Waals surface area contributed by atoms with Crippen molar-refractivity contribution in [2.45, 2.75) is 18.8 Å². The van der Waals surface area contributed by atoms with Crippen LogP contribution in [0.2, 0.25) is 0 Å². The van der Waals surface area contributed by atoms with Crippen molar-refractivity contribution in [1.29, 1.82) is 0 Å². The zero-order valence-corrected chi connectivity index (χ0v) is 10.8. The molecule has 1 aromatic rings. The van der Waals surface area contributed by atoms with Crippen LogP contribution in [0, 0.1) is 5.82 Å². The van der Waals surface area contributed by atoms with Crippen LogP contribution in [-0.4, -0.2) is 37.1 Å². The molecule has 2 aliphatic rings. The Hall–Kier alpha value is -1.62. The number of amides is 2. The number of halogens is 1. The van der Waals surface area contributed by atoms with E-state index in [9.17, 15) is 9.18 Å². The molecular formula is C14H18FN3O. The topological polar surface area (TPSA) is 44.4 Å². The molecule has 0 unspecified atom stereocenters. The van der Waals surface area contributed by atoms with E-state index < -0.39 is 0 Å². The standard InChI is InChI=1S/C14H18FN3O/c15-13-9-11(3-4-12(13)10-1-2-10)17-14(19)18-7-5-16-6-8-18/h3-4,9-10,16H,1-2,5-8H2,(H,17,19). The third-order valence-corrected chi connectivity index (χ3v) is 3.67. The minimum atomic E-state index is -0.208. The molecule has 0 aromatic heterocycles. The number of benzene rings is 1. The van der Waals surface area contributed by atoms with Gasteiger partial charge >= 0.3 is 6.03 Å². The van der Waals surface area contributed by atoms with Crippen LogP contribution >= 0.6 is 0 Å². The van der Waals surface area contributed by atoms with Crippen molar-refractivity contribution >= 4 is 11.7 Å². The number of urea groups is 1. The summed E-state index contributed by atoms with van der Waals surface area (Å²) in [5.74, 6) is 0.179. The average molecular weight is 263 g/mol. The second-order valence-electron chi connectivity index (χ2n) is 5.18. The molecule has 2 N–H and O–H groups in total. The predicted molar refractivity (Wildman–Crippen MR) is 71.8 cm³/mol. The molecule has 2 amide bonds. The van der Waals surface area contributed by atoms with Crippen LogP contribution in [0.4, 0.5) is 14.9 Å². The first kappa shape index (κ1) is 12.4. The molecule has 1 saturated carbocycles. The van der Waals surface area contributed by atoms with Gasteiger partial charge in [-0.25, -0.2) is 9.18 Å². The Balaban J connectivity index is 1.65. The van der Waals surface area contributed by atoms with E-state index >= 15 is 0 Å². The van der Waals surface area contributed by atoms with E-state index in [0.29, 0.717) is 24.7 Å². The van der Waals surface area contributed by atoms with Crippen molar-refractivity contribution < 1.29 is 9.18 Å². The van der Waals surface area contributed by atoms with Crippen LogP contribution in [0.1, 0.15) is 24.3 Å². The fourth-order valence-electron chi connectivity index (χ4n) is 2.40. The van der Waals surface area contributed by atoms with Gasteiger partial charge in [0.1, 0.15) is 5.82 Å². The summed E-state index contributed by atoms with van der Waals surface area (Å²) in [6.45, 7) is 2.99. The third kappa shape index (κ3) is 2.87. The molecule has 1 aliphatic heterocycles. The largest absolute Gasteiger partial charge is 0.322 e. The molecule has 0 spiro atoms. The van der Waals surface area contributed by atoms with Crippen LogP contribution in [-0.2, 0) is 0 Å². The Morgan fingerprint density at radius 1 is 1.32 bits per heavy atom. The number of rotatable bonds is 2. The van der Waals surface area contributed by atoms with E-state index in [1.807, 2.05) is 0 Å². The Kier molecular flexibility index (Phi) is 3.38. The molecule has 5 heteroatoms. The highest BCUT2D eigenvalue weighted by Crippen LogP contribution is 2.41. The van der Waals surface area contributed by atoms with Gasteiger partial charge in [0.25, 0.3) is 0 Å². The summed E-state index contributed by atoms with van der Waals surface area (Å²) in [6.07, 6.45) is 2.15. The van der Waals surface area contributed by atoms with E-state index in [4.69, 9.17) is 0 Å². The van der Waals surface area contributed by atoms with Gasteiger partial charge in [0.2, 0.25) is 0 Å². The maximum Gasteiger partial charge on any atom is 0.321 e. The Morgan fingerprint density at radius 3 is 2.68 bits per heavy atom. The van der Waals surface area contributed by atoms with Crippen molar-refractivity contribution in [2.75, 3.05) is 31.5 Å². The molecule has 0 atom stereocenters. The molecule has 19 heavy (non-hydrogen) atoms. The number of piperazine rings is 1. The minimum absolute atomic E-state index is 0.153. The van der Waals surface area contributed by atoms with Gasteiger partial charge in [-0.2, -0.15) is 0 Å². The number of carbonyl (C=O) groups is 1. The number of carbonyl (C=O) groups excluding carboxylic acids is 1. The summed E-state index contributed by atoms with van der Waals surface area (Å²) in [5.41, 5.74) is 1.31. The van der Waals surface area contributed by atoms with Crippen molar-refractivity contribution in [3.05, 3.63) is 29.6 Å². The van der Waals surface area contributed by atoms with Gasteiger partial charge in [-0.15, -0.1) is 0 Å². The summed E-state index contributed by atoms with van der Waals surface area (Å²) in [7, 11) is 0. The molecule has 1 saturated heterocycles. The Morgan fingerprint density at radius 2 is 2.05 bits per heavy atom. The van der Waals surface area contributed by atoms with E-state index in [1.54, 1.807) is 17.0 Å². The Labute approximate surface area is 112 Å². The fourth-order valence-corrected chi connectivity index (χ4v) is 2.40. The molecule has 3 rings (SSSR count). The molecule has 4 nitrogen and oxygen atoms in total. The second kappa shape index (κ2) is 5.17. The van der Waals surface area contributed by atoms with Crippen LogP contribution < -0.4 is 10.6 Å². The van der Waals surface area contributed by atoms with Crippen molar-refractivity contribution in [2.24, 2.45) is 0 Å². The average Bonchev–Trinajstić information content (AvgIpc) is 3.24. The van der Waals surface area contributed by atoms with Gasteiger partial charge in [0.05, 0.1) is 0 Å². The van der Waals surface area contributed by atoms with Gasteiger partial charge in [-0.3, -0.25) is 0 Å². The molecule has 1 aliphatic carbocycles. The summed E-state index contributed by atoms with van der Waals surface area (Å²) in [6, 6.07) is 4.85. The number of anilines is 1. The lowest BCUT2D eigenvalue weighted by Gasteiger charge is -2.27. The first-order valence-corrected chi connectivity index (χ1v) is 6.80. The van der Waals surface area contributed by atoms with Gasteiger partial charge in [-0.1, -0.05) is 6.07 Å². The number of nitrogens with zero attached hydrogens (tertiary/aromatic N) is 1. The molecule has 1 heterocycles. The van der Waals surface area contributed by atoms with Crippen LogP contribution in [0.5, 0.6) is 0 Å². The first-order chi connectivity index (χ1) is 9.24. The molecule has 102 valence electrons.